The molecule has 2 aromatic carbocycles. The molecule has 0 saturated heterocycles. The van der Waals surface area contributed by atoms with Gasteiger partial charge in [0.15, 0.2) is 0 Å². The van der Waals surface area contributed by atoms with Crippen LogP contribution >= 0.6 is 0 Å². The van der Waals surface area contributed by atoms with Gasteiger partial charge in [0.05, 0.1) is 0 Å². The summed E-state index contributed by atoms with van der Waals surface area (Å²) in [6, 6.07) is 21.3. The zero-order valence-corrected chi connectivity index (χ0v) is 14.6. The van der Waals surface area contributed by atoms with Gasteiger partial charge in [-0.2, -0.15) is 0 Å². The topological polar surface area (TPSA) is 51.2 Å². The number of carbonyl (C=O) groups excluding carboxylic acids is 1. The van der Waals surface area contributed by atoms with E-state index < -0.39 is 0 Å². The van der Waals surface area contributed by atoms with E-state index in [0.29, 0.717) is 12.4 Å². The Morgan fingerprint density at radius 2 is 1.92 bits per heavy atom. The van der Waals surface area contributed by atoms with E-state index in [-0.39, 0.29) is 5.91 Å². The summed E-state index contributed by atoms with van der Waals surface area (Å²) in [6.45, 7) is 2.46. The molecule has 3 rings (SSSR count). The summed E-state index contributed by atoms with van der Waals surface area (Å²) in [7, 11) is 0. The van der Waals surface area contributed by atoms with Gasteiger partial charge < -0.3 is 10.1 Å². The number of hydrogen-bond acceptors (Lipinski definition) is 3. The third-order valence-electron chi connectivity index (χ3n) is 3.70. The van der Waals surface area contributed by atoms with E-state index in [9.17, 15) is 4.79 Å². The fourth-order valence-electron chi connectivity index (χ4n) is 2.39. The molecule has 1 heterocycles. The fraction of sp³-hybridized carbons (Fsp3) is 0.0909. The minimum atomic E-state index is -0.223. The number of rotatable bonds is 6. The number of benzene rings is 2. The van der Waals surface area contributed by atoms with Crippen molar-refractivity contribution in [2.75, 3.05) is 5.32 Å². The van der Waals surface area contributed by atoms with E-state index in [0.717, 1.165) is 22.4 Å². The molecule has 3 aromatic rings. The Balaban J connectivity index is 1.59. The van der Waals surface area contributed by atoms with E-state index in [1.165, 1.54) is 6.08 Å². The molecule has 26 heavy (non-hydrogen) atoms. The fourth-order valence-corrected chi connectivity index (χ4v) is 2.39. The van der Waals surface area contributed by atoms with Gasteiger partial charge in [0, 0.05) is 12.3 Å². The highest BCUT2D eigenvalue weighted by Crippen LogP contribution is 2.16. The quantitative estimate of drug-likeness (QED) is 0.664. The van der Waals surface area contributed by atoms with Crippen molar-refractivity contribution in [3.8, 4) is 5.75 Å². The van der Waals surface area contributed by atoms with Gasteiger partial charge in [-0.3, -0.25) is 4.79 Å². The molecule has 1 amide bonds. The Hall–Kier alpha value is -3.40. The predicted molar refractivity (Wildman–Crippen MR) is 104 cm³/mol. The first-order chi connectivity index (χ1) is 12.7. The molecule has 0 aliphatic carbocycles. The number of ether oxygens (including phenoxy) is 1. The number of aromatic nitrogens is 1. The van der Waals surface area contributed by atoms with Crippen LogP contribution in [0.2, 0.25) is 0 Å². The zero-order valence-electron chi connectivity index (χ0n) is 14.6. The summed E-state index contributed by atoms with van der Waals surface area (Å²) in [5.41, 5.74) is 3.05. The first-order valence-electron chi connectivity index (χ1n) is 8.37. The molecule has 0 radical (unpaired) electrons. The Bertz CT molecular complexity index is 905. The molecule has 0 fully saturated rings. The second-order valence-electron chi connectivity index (χ2n) is 5.89. The molecular weight excluding hydrogens is 324 g/mol. The van der Waals surface area contributed by atoms with E-state index in [1.54, 1.807) is 12.3 Å². The number of hydrogen-bond donors (Lipinski definition) is 1. The lowest BCUT2D eigenvalue weighted by atomic mass is 10.2. The number of anilines is 1. The Morgan fingerprint density at radius 3 is 2.73 bits per heavy atom. The van der Waals surface area contributed by atoms with Crippen LogP contribution in [0.25, 0.3) is 6.08 Å². The first kappa shape index (κ1) is 17.4. The van der Waals surface area contributed by atoms with Crippen molar-refractivity contribution in [1.82, 2.24) is 4.98 Å². The Kier molecular flexibility index (Phi) is 5.78. The van der Waals surface area contributed by atoms with Gasteiger partial charge in [0.25, 0.3) is 0 Å². The smallest absolute Gasteiger partial charge is 0.249 e. The molecule has 4 heteroatoms. The van der Waals surface area contributed by atoms with Crippen molar-refractivity contribution in [2.24, 2.45) is 0 Å². The van der Waals surface area contributed by atoms with Crippen LogP contribution in [0.1, 0.15) is 16.7 Å². The molecule has 0 saturated carbocycles. The third-order valence-corrected chi connectivity index (χ3v) is 3.70. The van der Waals surface area contributed by atoms with Gasteiger partial charge in [-0.25, -0.2) is 4.98 Å². The van der Waals surface area contributed by atoms with Crippen LogP contribution in [0, 0.1) is 6.92 Å². The molecule has 0 bridgehead atoms. The van der Waals surface area contributed by atoms with Gasteiger partial charge in [0.2, 0.25) is 5.91 Å². The average Bonchev–Trinajstić information content (AvgIpc) is 2.66. The maximum absolute atomic E-state index is 12.0. The largest absolute Gasteiger partial charge is 0.489 e. The van der Waals surface area contributed by atoms with E-state index >= 15 is 0 Å². The molecule has 1 N–H and O–H groups in total. The summed E-state index contributed by atoms with van der Waals surface area (Å²) in [5.74, 6) is 1.08. The summed E-state index contributed by atoms with van der Waals surface area (Å²) in [4.78, 5) is 16.1. The lowest BCUT2D eigenvalue weighted by Crippen LogP contribution is -2.09. The molecule has 0 unspecified atom stereocenters. The second kappa shape index (κ2) is 8.62. The van der Waals surface area contributed by atoms with Gasteiger partial charge in [-0.05, 0) is 54.0 Å². The van der Waals surface area contributed by atoms with Crippen LogP contribution in [0.15, 0.2) is 79.0 Å². The lowest BCUT2D eigenvalue weighted by molar-refractivity contribution is -0.111. The Morgan fingerprint density at radius 1 is 1.08 bits per heavy atom. The normalized spacial score (nSPS) is 10.7. The van der Waals surface area contributed by atoms with Crippen molar-refractivity contribution >= 4 is 17.8 Å². The van der Waals surface area contributed by atoms with Crippen LogP contribution in [0.4, 0.5) is 5.82 Å². The SMILES string of the molecule is Cc1ccnc(NC(=O)/C=C/c2cccc(OCc3ccccc3)c2)c1. The van der Waals surface area contributed by atoms with Crippen LogP contribution in [-0.4, -0.2) is 10.9 Å². The maximum Gasteiger partial charge on any atom is 0.249 e. The van der Waals surface area contributed by atoms with Crippen molar-refractivity contribution in [3.63, 3.8) is 0 Å². The van der Waals surface area contributed by atoms with E-state index in [4.69, 9.17) is 4.74 Å². The predicted octanol–water partition coefficient (Wildman–Crippen LogP) is 4.62. The molecule has 4 nitrogen and oxygen atoms in total. The Labute approximate surface area is 153 Å². The number of amides is 1. The van der Waals surface area contributed by atoms with Crippen LogP contribution < -0.4 is 10.1 Å². The molecule has 0 aliphatic rings. The summed E-state index contributed by atoms with van der Waals surface area (Å²) < 4.78 is 5.80. The number of aryl methyl sites for hydroxylation is 1. The molecule has 0 atom stereocenters. The lowest BCUT2D eigenvalue weighted by Gasteiger charge is -2.07. The maximum atomic E-state index is 12.0. The van der Waals surface area contributed by atoms with Gasteiger partial charge in [-0.15, -0.1) is 0 Å². The molecule has 130 valence electrons. The molecule has 0 spiro atoms. The second-order valence-corrected chi connectivity index (χ2v) is 5.89. The van der Waals surface area contributed by atoms with Crippen LogP contribution in [0.5, 0.6) is 5.75 Å². The van der Waals surface area contributed by atoms with Crippen LogP contribution in [0.3, 0.4) is 0 Å². The highest BCUT2D eigenvalue weighted by molar-refractivity contribution is 6.01. The number of carbonyl (C=O) groups is 1. The first-order valence-corrected chi connectivity index (χ1v) is 8.37. The zero-order chi connectivity index (χ0) is 18.2. The molecule has 0 aliphatic heterocycles. The molecule has 1 aromatic heterocycles. The summed E-state index contributed by atoms with van der Waals surface area (Å²) in [5, 5.41) is 2.75. The minimum Gasteiger partial charge on any atom is -0.489 e. The van der Waals surface area contributed by atoms with Gasteiger partial charge in [0.1, 0.15) is 18.2 Å². The molecular formula is C22H20N2O2. The van der Waals surface area contributed by atoms with Crippen molar-refractivity contribution in [2.45, 2.75) is 13.5 Å². The number of nitrogens with zero attached hydrogens (tertiary/aromatic N) is 1. The monoisotopic (exact) mass is 344 g/mol. The van der Waals surface area contributed by atoms with Crippen molar-refractivity contribution in [1.29, 1.82) is 0 Å². The van der Waals surface area contributed by atoms with Crippen molar-refractivity contribution in [3.05, 3.63) is 95.7 Å². The number of pyridine rings is 1. The van der Waals surface area contributed by atoms with Crippen LogP contribution in [-0.2, 0) is 11.4 Å². The summed E-state index contributed by atoms with van der Waals surface area (Å²) in [6.07, 6.45) is 4.91. The third kappa shape index (κ3) is 5.31. The standard InChI is InChI=1S/C22H20N2O2/c1-17-12-13-23-21(14-17)24-22(25)11-10-18-8-5-9-20(15-18)26-16-19-6-3-2-4-7-19/h2-15H,16H2,1H3,(H,23,24,25)/b11-10+. The van der Waals surface area contributed by atoms with Crippen molar-refractivity contribution < 1.29 is 9.53 Å². The summed E-state index contributed by atoms with van der Waals surface area (Å²) >= 11 is 0. The van der Waals surface area contributed by atoms with Gasteiger partial charge in [-0.1, -0.05) is 42.5 Å². The minimum absolute atomic E-state index is 0.223. The highest BCUT2D eigenvalue weighted by Gasteiger charge is 2.00. The highest BCUT2D eigenvalue weighted by atomic mass is 16.5. The number of nitrogens with one attached hydrogen (secondary N) is 1. The van der Waals surface area contributed by atoms with E-state index in [1.807, 2.05) is 73.7 Å². The average molecular weight is 344 g/mol. The van der Waals surface area contributed by atoms with Gasteiger partial charge >= 0.3 is 0 Å². The van der Waals surface area contributed by atoms with E-state index in [2.05, 4.69) is 10.3 Å².